The number of benzene rings is 3. The Morgan fingerprint density at radius 1 is 1.09 bits per heavy atom. The van der Waals surface area contributed by atoms with Gasteiger partial charge < -0.3 is 25.3 Å². The number of amides is 2. The van der Waals surface area contributed by atoms with E-state index in [0.29, 0.717) is 28.9 Å². The predicted molar refractivity (Wildman–Crippen MR) is 132 cm³/mol. The number of hydrogen-bond acceptors (Lipinski definition) is 6. The minimum Gasteiger partial charge on any atom is -0.443 e. The van der Waals surface area contributed by atoms with Crippen molar-refractivity contribution in [1.29, 1.82) is 0 Å². The van der Waals surface area contributed by atoms with E-state index in [1.165, 1.54) is 6.39 Å². The van der Waals surface area contributed by atoms with Crippen molar-refractivity contribution < 1.29 is 14.0 Å². The lowest BCUT2D eigenvalue weighted by atomic mass is 9.95. The van der Waals surface area contributed by atoms with Crippen LogP contribution in [0.1, 0.15) is 26.3 Å². The first kappa shape index (κ1) is 21.7. The van der Waals surface area contributed by atoms with Crippen molar-refractivity contribution in [3.63, 3.8) is 0 Å². The Morgan fingerprint density at radius 3 is 2.71 bits per heavy atom. The standard InChI is InChI=1S/C26H25N5O3/c1-31(2)13-12-27-17-8-6-16(7-9-17)25(32)30-21-11-10-18(20-14-28-26(33)23(20)21)19-4-3-5-22-24(19)34-15-29-22/h3-11,15,27H,12-14H2,1-2H3,(H,28,33)(H,30,32). The van der Waals surface area contributed by atoms with Crippen LogP contribution in [0.3, 0.4) is 0 Å². The maximum atomic E-state index is 12.9. The van der Waals surface area contributed by atoms with E-state index < -0.39 is 0 Å². The molecule has 0 fully saturated rings. The van der Waals surface area contributed by atoms with Crippen molar-refractivity contribution in [3.05, 3.63) is 77.7 Å². The smallest absolute Gasteiger partial charge is 0.255 e. The molecule has 2 amide bonds. The number of rotatable bonds is 7. The molecular formula is C26H25N5O3. The summed E-state index contributed by atoms with van der Waals surface area (Å²) in [5.41, 5.74) is 6.40. The molecule has 3 aromatic carbocycles. The monoisotopic (exact) mass is 455 g/mol. The number of carbonyl (C=O) groups is 2. The second-order valence-corrected chi connectivity index (χ2v) is 8.46. The molecule has 1 aliphatic rings. The van der Waals surface area contributed by atoms with Crippen LogP contribution in [-0.4, -0.2) is 48.9 Å². The number of hydrogen-bond donors (Lipinski definition) is 3. The molecule has 1 aliphatic heterocycles. The van der Waals surface area contributed by atoms with E-state index in [1.54, 1.807) is 18.2 Å². The number of oxazole rings is 1. The van der Waals surface area contributed by atoms with Crippen molar-refractivity contribution in [2.75, 3.05) is 37.8 Å². The van der Waals surface area contributed by atoms with Gasteiger partial charge in [-0.1, -0.05) is 18.2 Å². The molecule has 3 N–H and O–H groups in total. The Hall–Kier alpha value is -4.17. The zero-order valence-corrected chi connectivity index (χ0v) is 19.0. The Labute approximate surface area is 197 Å². The summed E-state index contributed by atoms with van der Waals surface area (Å²) in [6, 6.07) is 16.7. The van der Waals surface area contributed by atoms with Crippen LogP contribution in [0, 0.1) is 0 Å². The van der Waals surface area contributed by atoms with Gasteiger partial charge in [-0.15, -0.1) is 0 Å². The topological polar surface area (TPSA) is 99.5 Å². The number of para-hydroxylation sites is 1. The summed E-state index contributed by atoms with van der Waals surface area (Å²) in [7, 11) is 4.04. The van der Waals surface area contributed by atoms with Crippen molar-refractivity contribution >= 4 is 34.3 Å². The third-order valence-electron chi connectivity index (χ3n) is 5.90. The average Bonchev–Trinajstić information content (AvgIpc) is 3.47. The van der Waals surface area contributed by atoms with Gasteiger partial charge in [0.25, 0.3) is 11.8 Å². The molecule has 172 valence electrons. The molecule has 0 unspecified atom stereocenters. The molecule has 0 atom stereocenters. The molecule has 0 saturated heterocycles. The summed E-state index contributed by atoms with van der Waals surface area (Å²) in [4.78, 5) is 31.9. The van der Waals surface area contributed by atoms with E-state index in [9.17, 15) is 9.59 Å². The van der Waals surface area contributed by atoms with Crippen molar-refractivity contribution in [1.82, 2.24) is 15.2 Å². The third-order valence-corrected chi connectivity index (χ3v) is 5.90. The van der Waals surface area contributed by atoms with Crippen LogP contribution in [0.4, 0.5) is 11.4 Å². The second-order valence-electron chi connectivity index (χ2n) is 8.46. The molecule has 34 heavy (non-hydrogen) atoms. The van der Waals surface area contributed by atoms with Gasteiger partial charge in [0.1, 0.15) is 5.52 Å². The van der Waals surface area contributed by atoms with Crippen molar-refractivity contribution in [2.45, 2.75) is 6.54 Å². The first-order valence-electron chi connectivity index (χ1n) is 11.1. The summed E-state index contributed by atoms with van der Waals surface area (Å²) in [6.45, 7) is 2.11. The quantitative estimate of drug-likeness (QED) is 0.390. The average molecular weight is 456 g/mol. The van der Waals surface area contributed by atoms with Crippen LogP contribution in [0.15, 0.2) is 65.4 Å². The summed E-state index contributed by atoms with van der Waals surface area (Å²) >= 11 is 0. The molecule has 0 aliphatic carbocycles. The predicted octanol–water partition coefficient (Wildman–Crippen LogP) is 3.96. The highest BCUT2D eigenvalue weighted by Gasteiger charge is 2.27. The van der Waals surface area contributed by atoms with Gasteiger partial charge in [0, 0.05) is 36.4 Å². The fraction of sp³-hybridized carbons (Fsp3) is 0.192. The number of aromatic nitrogens is 1. The van der Waals surface area contributed by atoms with E-state index in [1.807, 2.05) is 50.5 Å². The largest absolute Gasteiger partial charge is 0.443 e. The number of carbonyl (C=O) groups excluding carboxylic acids is 2. The lowest BCUT2D eigenvalue weighted by Gasteiger charge is -2.14. The van der Waals surface area contributed by atoms with Crippen LogP contribution in [0.2, 0.25) is 0 Å². The molecular weight excluding hydrogens is 430 g/mol. The maximum absolute atomic E-state index is 12.9. The molecule has 8 heteroatoms. The van der Waals surface area contributed by atoms with Gasteiger partial charge in [-0.2, -0.15) is 0 Å². The van der Waals surface area contributed by atoms with Gasteiger partial charge in [0.2, 0.25) is 0 Å². The van der Waals surface area contributed by atoms with Gasteiger partial charge >= 0.3 is 0 Å². The fourth-order valence-electron chi connectivity index (χ4n) is 4.16. The normalized spacial score (nSPS) is 12.6. The molecule has 2 heterocycles. The summed E-state index contributed by atoms with van der Waals surface area (Å²) < 4.78 is 5.59. The molecule has 0 saturated carbocycles. The van der Waals surface area contributed by atoms with Crippen LogP contribution < -0.4 is 16.0 Å². The van der Waals surface area contributed by atoms with Gasteiger partial charge in [-0.05, 0) is 61.6 Å². The minimum absolute atomic E-state index is 0.211. The molecule has 0 radical (unpaired) electrons. The van der Waals surface area contributed by atoms with Crippen LogP contribution in [-0.2, 0) is 6.54 Å². The molecule has 0 bridgehead atoms. The van der Waals surface area contributed by atoms with Gasteiger partial charge in [-0.3, -0.25) is 9.59 Å². The Balaban J connectivity index is 1.40. The van der Waals surface area contributed by atoms with Crippen molar-refractivity contribution in [2.24, 2.45) is 0 Å². The molecule has 1 aromatic heterocycles. The number of nitrogens with one attached hydrogen (secondary N) is 3. The van der Waals surface area contributed by atoms with Crippen LogP contribution in [0.5, 0.6) is 0 Å². The lowest BCUT2D eigenvalue weighted by Crippen LogP contribution is -2.20. The van der Waals surface area contributed by atoms with Gasteiger partial charge in [0.15, 0.2) is 12.0 Å². The minimum atomic E-state index is -0.271. The first-order chi connectivity index (χ1) is 16.5. The van der Waals surface area contributed by atoms with E-state index >= 15 is 0 Å². The maximum Gasteiger partial charge on any atom is 0.255 e. The summed E-state index contributed by atoms with van der Waals surface area (Å²) in [5.74, 6) is -0.482. The third kappa shape index (κ3) is 4.11. The SMILES string of the molecule is CN(C)CCNc1ccc(C(=O)Nc2ccc(-c3cccc4ncoc34)c3c2C(=O)NC3)cc1. The Morgan fingerprint density at radius 2 is 1.91 bits per heavy atom. The Bertz CT molecular complexity index is 1380. The molecule has 4 aromatic rings. The van der Waals surface area contributed by atoms with Crippen LogP contribution >= 0.6 is 0 Å². The van der Waals surface area contributed by atoms with Gasteiger partial charge in [-0.25, -0.2) is 4.98 Å². The zero-order valence-electron chi connectivity index (χ0n) is 19.0. The number of likely N-dealkylation sites (N-methyl/N-ethyl adjacent to an activating group) is 1. The highest BCUT2D eigenvalue weighted by Crippen LogP contribution is 2.37. The van der Waals surface area contributed by atoms with Crippen LogP contribution in [0.25, 0.3) is 22.2 Å². The summed E-state index contributed by atoms with van der Waals surface area (Å²) in [5, 5.41) is 9.12. The molecule has 0 spiro atoms. The van der Waals surface area contributed by atoms with Gasteiger partial charge in [0.05, 0.1) is 11.3 Å². The number of fused-ring (bicyclic) bond motifs is 2. The highest BCUT2D eigenvalue weighted by molar-refractivity contribution is 6.12. The highest BCUT2D eigenvalue weighted by atomic mass is 16.3. The lowest BCUT2D eigenvalue weighted by molar-refractivity contribution is 0.0966. The van der Waals surface area contributed by atoms with E-state index in [2.05, 4.69) is 25.8 Å². The first-order valence-corrected chi connectivity index (χ1v) is 11.1. The van der Waals surface area contributed by atoms with E-state index in [-0.39, 0.29) is 11.8 Å². The Kier molecular flexibility index (Phi) is 5.73. The summed E-state index contributed by atoms with van der Waals surface area (Å²) in [6.07, 6.45) is 1.41. The number of anilines is 2. The zero-order chi connectivity index (χ0) is 23.7. The van der Waals surface area contributed by atoms with Crippen molar-refractivity contribution in [3.8, 4) is 11.1 Å². The van der Waals surface area contributed by atoms with E-state index in [0.717, 1.165) is 41.0 Å². The second kappa shape index (κ2) is 8.99. The van der Waals surface area contributed by atoms with E-state index in [4.69, 9.17) is 4.42 Å². The molecule has 5 rings (SSSR count). The molecule has 8 nitrogen and oxygen atoms in total. The fourth-order valence-corrected chi connectivity index (χ4v) is 4.16. The number of nitrogens with zero attached hydrogens (tertiary/aromatic N) is 2.